The number of nitrogens with zero attached hydrogens (tertiary/aromatic N) is 1. The topological polar surface area (TPSA) is 66.5 Å². The van der Waals surface area contributed by atoms with E-state index in [1.807, 2.05) is 0 Å². The highest BCUT2D eigenvalue weighted by molar-refractivity contribution is 7.89. The summed E-state index contributed by atoms with van der Waals surface area (Å²) in [5.41, 5.74) is 0. The van der Waals surface area contributed by atoms with Crippen LogP contribution in [0.3, 0.4) is 0 Å². The fraction of sp³-hybridized carbons (Fsp3) is 0.643. The third kappa shape index (κ3) is 3.84. The van der Waals surface area contributed by atoms with E-state index in [1.54, 1.807) is 5.38 Å². The lowest BCUT2D eigenvalue weighted by Crippen LogP contribution is -2.31. The predicted octanol–water partition coefficient (Wildman–Crippen LogP) is 2.31. The van der Waals surface area contributed by atoms with Gasteiger partial charge >= 0.3 is 0 Å². The van der Waals surface area contributed by atoms with Gasteiger partial charge in [0.15, 0.2) is 0 Å². The second kappa shape index (κ2) is 6.89. The Balaban J connectivity index is 2.12. The molecule has 1 aromatic rings. The molecule has 1 aliphatic rings. The van der Waals surface area contributed by atoms with Gasteiger partial charge in [-0.1, -0.05) is 13.8 Å². The normalized spacial score (nSPS) is 16.5. The summed E-state index contributed by atoms with van der Waals surface area (Å²) in [7, 11) is -3.53. The summed E-state index contributed by atoms with van der Waals surface area (Å²) in [4.78, 5) is 12.6. The van der Waals surface area contributed by atoms with Gasteiger partial charge < -0.3 is 5.32 Å². The van der Waals surface area contributed by atoms with Crippen molar-refractivity contribution in [3.8, 4) is 0 Å². The molecule has 1 aromatic heterocycles. The summed E-state index contributed by atoms with van der Waals surface area (Å²) >= 11 is 1.18. The number of hydrogen-bond acceptors (Lipinski definition) is 4. The first-order chi connectivity index (χ1) is 9.93. The van der Waals surface area contributed by atoms with Crippen LogP contribution in [0.1, 0.15) is 42.8 Å². The standard InChI is InChI=1S/C14H22N2O3S2/c1-11(2)5-7-15-14(17)13-12(6-10-20-13)21(18,19)16-8-3-4-9-16/h6,10-11H,3-5,7-9H2,1-2H3,(H,15,17). The zero-order valence-corrected chi connectivity index (χ0v) is 14.1. The predicted molar refractivity (Wildman–Crippen MR) is 84.1 cm³/mol. The first kappa shape index (κ1) is 16.5. The molecule has 2 heterocycles. The molecule has 1 saturated heterocycles. The summed E-state index contributed by atoms with van der Waals surface area (Å²) in [6.07, 6.45) is 2.66. The van der Waals surface area contributed by atoms with E-state index in [-0.39, 0.29) is 10.8 Å². The van der Waals surface area contributed by atoms with Gasteiger partial charge in [0.2, 0.25) is 10.0 Å². The molecule has 2 rings (SSSR count). The Morgan fingerprint density at radius 2 is 2.05 bits per heavy atom. The lowest BCUT2D eigenvalue weighted by Gasteiger charge is -2.15. The fourth-order valence-electron chi connectivity index (χ4n) is 2.29. The number of carbonyl (C=O) groups is 1. The number of thiophene rings is 1. The summed E-state index contributed by atoms with van der Waals surface area (Å²) in [5, 5.41) is 4.47. The maximum atomic E-state index is 12.6. The monoisotopic (exact) mass is 330 g/mol. The van der Waals surface area contributed by atoms with E-state index in [0.29, 0.717) is 30.4 Å². The average Bonchev–Trinajstić information content (AvgIpc) is 3.10. The van der Waals surface area contributed by atoms with Crippen LogP contribution in [-0.2, 0) is 10.0 Å². The number of rotatable bonds is 6. The van der Waals surface area contributed by atoms with Crippen molar-refractivity contribution in [1.29, 1.82) is 0 Å². The Kier molecular flexibility index (Phi) is 5.40. The smallest absolute Gasteiger partial charge is 0.262 e. The van der Waals surface area contributed by atoms with Gasteiger partial charge in [0.25, 0.3) is 5.91 Å². The van der Waals surface area contributed by atoms with E-state index in [0.717, 1.165) is 19.3 Å². The minimum Gasteiger partial charge on any atom is -0.351 e. The highest BCUT2D eigenvalue weighted by Gasteiger charge is 2.31. The largest absolute Gasteiger partial charge is 0.351 e. The van der Waals surface area contributed by atoms with Crippen molar-refractivity contribution in [3.63, 3.8) is 0 Å². The molecule has 0 saturated carbocycles. The molecule has 0 aromatic carbocycles. The molecule has 21 heavy (non-hydrogen) atoms. The van der Waals surface area contributed by atoms with Gasteiger partial charge in [0.05, 0.1) is 0 Å². The minimum atomic E-state index is -3.53. The summed E-state index contributed by atoms with van der Waals surface area (Å²) in [5.74, 6) is 0.213. The maximum Gasteiger partial charge on any atom is 0.262 e. The van der Waals surface area contributed by atoms with Crippen molar-refractivity contribution < 1.29 is 13.2 Å². The van der Waals surface area contributed by atoms with Crippen LogP contribution in [0.15, 0.2) is 16.3 Å². The van der Waals surface area contributed by atoms with Crippen molar-refractivity contribution >= 4 is 27.3 Å². The van der Waals surface area contributed by atoms with Crippen LogP contribution in [0.5, 0.6) is 0 Å². The van der Waals surface area contributed by atoms with E-state index in [2.05, 4.69) is 19.2 Å². The second-order valence-electron chi connectivity index (χ2n) is 5.66. The van der Waals surface area contributed by atoms with Crippen LogP contribution in [0.4, 0.5) is 0 Å². The quantitative estimate of drug-likeness (QED) is 0.870. The molecule has 0 spiro atoms. The Bertz CT molecular complexity index is 587. The van der Waals surface area contributed by atoms with Crippen molar-refractivity contribution in [1.82, 2.24) is 9.62 Å². The van der Waals surface area contributed by atoms with Gasteiger partial charge in [-0.3, -0.25) is 4.79 Å². The lowest BCUT2D eigenvalue weighted by atomic mass is 10.1. The first-order valence-electron chi connectivity index (χ1n) is 7.28. The maximum absolute atomic E-state index is 12.6. The Hall–Kier alpha value is -0.920. The Morgan fingerprint density at radius 1 is 1.38 bits per heavy atom. The number of sulfonamides is 1. The number of carbonyl (C=O) groups excluding carboxylic acids is 1. The zero-order chi connectivity index (χ0) is 15.5. The SMILES string of the molecule is CC(C)CCNC(=O)c1sccc1S(=O)(=O)N1CCCC1. The molecule has 0 bridgehead atoms. The first-order valence-corrected chi connectivity index (χ1v) is 9.60. The van der Waals surface area contributed by atoms with Crippen LogP contribution in [0.2, 0.25) is 0 Å². The van der Waals surface area contributed by atoms with Gasteiger partial charge in [0.1, 0.15) is 9.77 Å². The molecule has 0 unspecified atom stereocenters. The molecule has 0 aliphatic carbocycles. The molecule has 1 fully saturated rings. The van der Waals surface area contributed by atoms with Crippen LogP contribution >= 0.6 is 11.3 Å². The number of amides is 1. The molecule has 1 aliphatic heterocycles. The third-order valence-corrected chi connectivity index (χ3v) is 6.51. The van der Waals surface area contributed by atoms with Crippen LogP contribution < -0.4 is 5.32 Å². The third-order valence-electron chi connectivity index (χ3n) is 3.53. The minimum absolute atomic E-state index is 0.149. The van der Waals surface area contributed by atoms with Gasteiger partial charge in [0, 0.05) is 19.6 Å². The lowest BCUT2D eigenvalue weighted by molar-refractivity contribution is 0.0953. The van der Waals surface area contributed by atoms with Crippen molar-refractivity contribution in [2.24, 2.45) is 5.92 Å². The van der Waals surface area contributed by atoms with E-state index in [4.69, 9.17) is 0 Å². The molecule has 1 N–H and O–H groups in total. The van der Waals surface area contributed by atoms with Crippen molar-refractivity contribution in [2.75, 3.05) is 19.6 Å². The van der Waals surface area contributed by atoms with Gasteiger partial charge in [-0.2, -0.15) is 4.31 Å². The fourth-order valence-corrected chi connectivity index (χ4v) is 5.12. The molecule has 1 amide bonds. The average molecular weight is 330 g/mol. The van der Waals surface area contributed by atoms with Crippen LogP contribution in [0, 0.1) is 5.92 Å². The van der Waals surface area contributed by atoms with E-state index >= 15 is 0 Å². The Labute approximate surface area is 130 Å². The second-order valence-corrected chi connectivity index (χ2v) is 8.49. The van der Waals surface area contributed by atoms with Crippen molar-refractivity contribution in [3.05, 3.63) is 16.3 Å². The molecule has 7 heteroatoms. The molecule has 118 valence electrons. The highest BCUT2D eigenvalue weighted by Crippen LogP contribution is 2.27. The number of hydrogen-bond donors (Lipinski definition) is 1. The van der Waals surface area contributed by atoms with Crippen LogP contribution in [-0.4, -0.2) is 38.3 Å². The highest BCUT2D eigenvalue weighted by atomic mass is 32.2. The van der Waals surface area contributed by atoms with Crippen LogP contribution in [0.25, 0.3) is 0 Å². The zero-order valence-electron chi connectivity index (χ0n) is 12.5. The molecular weight excluding hydrogens is 308 g/mol. The van der Waals surface area contributed by atoms with Crippen molar-refractivity contribution in [2.45, 2.75) is 38.0 Å². The van der Waals surface area contributed by atoms with Gasteiger partial charge in [-0.15, -0.1) is 11.3 Å². The van der Waals surface area contributed by atoms with E-state index in [1.165, 1.54) is 21.7 Å². The van der Waals surface area contributed by atoms with E-state index in [9.17, 15) is 13.2 Å². The summed E-state index contributed by atoms with van der Waals surface area (Å²) < 4.78 is 26.6. The summed E-state index contributed by atoms with van der Waals surface area (Å²) in [6, 6.07) is 1.54. The summed E-state index contributed by atoms with van der Waals surface area (Å²) in [6.45, 7) is 5.83. The molecular formula is C14H22N2O3S2. The van der Waals surface area contributed by atoms with Gasteiger partial charge in [-0.25, -0.2) is 8.42 Å². The molecule has 5 nitrogen and oxygen atoms in total. The van der Waals surface area contributed by atoms with E-state index < -0.39 is 10.0 Å². The number of nitrogens with one attached hydrogen (secondary N) is 1. The molecule has 0 atom stereocenters. The van der Waals surface area contributed by atoms with Gasteiger partial charge in [-0.05, 0) is 36.6 Å². The molecule has 0 radical (unpaired) electrons. The Morgan fingerprint density at radius 3 is 2.67 bits per heavy atom.